The number of carbonyl (C=O) groups is 1. The molecule has 1 aromatic heterocycles. The quantitative estimate of drug-likeness (QED) is 0.793. The smallest absolute Gasteiger partial charge is 0.308 e. The van der Waals surface area contributed by atoms with Gasteiger partial charge in [0.15, 0.2) is 0 Å². The fourth-order valence-corrected chi connectivity index (χ4v) is 2.02. The zero-order valence-corrected chi connectivity index (χ0v) is 8.18. The Morgan fingerprint density at radius 1 is 1.71 bits per heavy atom. The molecule has 2 unspecified atom stereocenters. The normalized spacial score (nSPS) is 25.8. The molecule has 0 amide bonds. The third-order valence-corrected chi connectivity index (χ3v) is 2.98. The molecule has 4 heteroatoms. The van der Waals surface area contributed by atoms with Gasteiger partial charge in [-0.3, -0.25) is 4.79 Å². The number of aryl methyl sites for hydroxylation is 1. The van der Waals surface area contributed by atoms with Gasteiger partial charge in [-0.15, -0.1) is 0 Å². The van der Waals surface area contributed by atoms with Gasteiger partial charge in [-0.25, -0.2) is 4.98 Å². The molecule has 76 valence electrons. The van der Waals surface area contributed by atoms with E-state index in [4.69, 9.17) is 5.11 Å². The summed E-state index contributed by atoms with van der Waals surface area (Å²) in [5.41, 5.74) is 0. The Kier molecular flexibility index (Phi) is 2.27. The molecule has 0 saturated heterocycles. The molecule has 1 N–H and O–H groups in total. The predicted molar refractivity (Wildman–Crippen MR) is 51.0 cm³/mol. The van der Waals surface area contributed by atoms with E-state index in [1.54, 1.807) is 6.20 Å². The highest BCUT2D eigenvalue weighted by Gasteiger charge is 2.38. The molecule has 2 rings (SSSR count). The van der Waals surface area contributed by atoms with E-state index < -0.39 is 5.97 Å². The monoisotopic (exact) mass is 194 g/mol. The van der Waals surface area contributed by atoms with Crippen molar-refractivity contribution in [3.05, 3.63) is 18.2 Å². The van der Waals surface area contributed by atoms with Gasteiger partial charge in [-0.2, -0.15) is 0 Å². The molecule has 1 aliphatic rings. The number of nitrogens with zero attached hydrogens (tertiary/aromatic N) is 2. The van der Waals surface area contributed by atoms with Crippen LogP contribution in [-0.4, -0.2) is 20.6 Å². The molecule has 1 aliphatic carbocycles. The van der Waals surface area contributed by atoms with E-state index in [1.165, 1.54) is 0 Å². The van der Waals surface area contributed by atoms with Crippen LogP contribution in [0.3, 0.4) is 0 Å². The summed E-state index contributed by atoms with van der Waals surface area (Å²) in [6.45, 7) is 2.03. The van der Waals surface area contributed by atoms with E-state index in [9.17, 15) is 4.79 Å². The number of carboxylic acids is 1. The number of aromatic nitrogens is 2. The van der Waals surface area contributed by atoms with Crippen molar-refractivity contribution < 1.29 is 9.90 Å². The largest absolute Gasteiger partial charge is 0.481 e. The third-order valence-electron chi connectivity index (χ3n) is 2.98. The molecule has 0 aliphatic heterocycles. The number of carboxylic acid groups (broad SMARTS) is 1. The van der Waals surface area contributed by atoms with Crippen molar-refractivity contribution in [2.75, 3.05) is 0 Å². The second-order valence-corrected chi connectivity index (χ2v) is 3.69. The summed E-state index contributed by atoms with van der Waals surface area (Å²) >= 11 is 0. The third kappa shape index (κ3) is 1.31. The van der Waals surface area contributed by atoms with Gasteiger partial charge in [0.05, 0.1) is 5.92 Å². The van der Waals surface area contributed by atoms with Crippen LogP contribution in [0.5, 0.6) is 0 Å². The summed E-state index contributed by atoms with van der Waals surface area (Å²) in [5, 5.41) is 8.93. The Balaban J connectivity index is 2.19. The first-order valence-corrected chi connectivity index (χ1v) is 4.98. The van der Waals surface area contributed by atoms with Gasteiger partial charge in [0.2, 0.25) is 0 Å². The van der Waals surface area contributed by atoms with Crippen molar-refractivity contribution in [3.8, 4) is 0 Å². The molecular weight excluding hydrogens is 180 g/mol. The maximum atomic E-state index is 10.9. The highest BCUT2D eigenvalue weighted by atomic mass is 16.4. The van der Waals surface area contributed by atoms with E-state index >= 15 is 0 Å². The first-order valence-electron chi connectivity index (χ1n) is 4.98. The molecule has 0 bridgehead atoms. The van der Waals surface area contributed by atoms with Crippen molar-refractivity contribution in [1.82, 2.24) is 9.55 Å². The van der Waals surface area contributed by atoms with Gasteiger partial charge in [-0.1, -0.05) is 6.92 Å². The fourth-order valence-electron chi connectivity index (χ4n) is 2.02. The number of hydrogen-bond acceptors (Lipinski definition) is 2. The van der Waals surface area contributed by atoms with E-state index in [2.05, 4.69) is 4.98 Å². The molecular formula is C10H14N2O2. The van der Waals surface area contributed by atoms with E-state index in [0.29, 0.717) is 0 Å². The average Bonchev–Trinajstić information content (AvgIpc) is 2.49. The lowest BCUT2D eigenvalue weighted by atomic mass is 9.79. The summed E-state index contributed by atoms with van der Waals surface area (Å²) in [6.07, 6.45) is 6.24. The van der Waals surface area contributed by atoms with Crippen LogP contribution in [-0.2, 0) is 11.2 Å². The Bertz CT molecular complexity index is 346. The van der Waals surface area contributed by atoms with Crippen molar-refractivity contribution in [3.63, 3.8) is 0 Å². The first kappa shape index (κ1) is 9.24. The summed E-state index contributed by atoms with van der Waals surface area (Å²) < 4.78 is 2.02. The van der Waals surface area contributed by atoms with E-state index in [0.717, 1.165) is 25.1 Å². The molecule has 0 aromatic carbocycles. The van der Waals surface area contributed by atoms with Crippen LogP contribution in [0.4, 0.5) is 0 Å². The summed E-state index contributed by atoms with van der Waals surface area (Å²) in [5.74, 6) is 0.0902. The molecule has 1 saturated carbocycles. The Labute approximate surface area is 82.6 Å². The van der Waals surface area contributed by atoms with Crippen LogP contribution >= 0.6 is 0 Å². The van der Waals surface area contributed by atoms with E-state index in [1.807, 2.05) is 17.7 Å². The maximum absolute atomic E-state index is 10.9. The molecule has 1 fully saturated rings. The zero-order valence-electron chi connectivity index (χ0n) is 8.18. The molecule has 14 heavy (non-hydrogen) atoms. The minimum Gasteiger partial charge on any atom is -0.481 e. The molecule has 1 aromatic rings. The van der Waals surface area contributed by atoms with E-state index in [-0.39, 0.29) is 12.0 Å². The standard InChI is InChI=1S/C10H14N2O2/c1-2-9-11-5-6-12(9)8-4-3-7(8)10(13)14/h5-8H,2-4H2,1H3,(H,13,14). The van der Waals surface area contributed by atoms with Gasteiger partial charge >= 0.3 is 5.97 Å². The molecule has 1 heterocycles. The predicted octanol–water partition coefficient (Wildman–Crippen LogP) is 1.48. The molecule has 0 spiro atoms. The topological polar surface area (TPSA) is 55.1 Å². The lowest BCUT2D eigenvalue weighted by Gasteiger charge is -2.35. The van der Waals surface area contributed by atoms with Gasteiger partial charge in [-0.05, 0) is 12.8 Å². The van der Waals surface area contributed by atoms with Crippen LogP contribution < -0.4 is 0 Å². The number of aliphatic carboxylic acids is 1. The van der Waals surface area contributed by atoms with Gasteiger partial charge in [0.25, 0.3) is 0 Å². The minimum atomic E-state index is -0.683. The first-order chi connectivity index (χ1) is 6.74. The van der Waals surface area contributed by atoms with Crippen molar-refractivity contribution in [2.24, 2.45) is 5.92 Å². The highest BCUT2D eigenvalue weighted by molar-refractivity contribution is 5.71. The van der Waals surface area contributed by atoms with Gasteiger partial charge in [0.1, 0.15) is 5.82 Å². The van der Waals surface area contributed by atoms with Crippen LogP contribution in [0.2, 0.25) is 0 Å². The maximum Gasteiger partial charge on any atom is 0.308 e. The van der Waals surface area contributed by atoms with Crippen LogP contribution in [0.25, 0.3) is 0 Å². The number of imidazole rings is 1. The number of hydrogen-bond donors (Lipinski definition) is 1. The minimum absolute atomic E-state index is 0.130. The fraction of sp³-hybridized carbons (Fsp3) is 0.600. The molecule has 2 atom stereocenters. The molecule has 4 nitrogen and oxygen atoms in total. The van der Waals surface area contributed by atoms with Gasteiger partial charge in [0, 0.05) is 24.9 Å². The van der Waals surface area contributed by atoms with Crippen molar-refractivity contribution in [2.45, 2.75) is 32.2 Å². The Hall–Kier alpha value is -1.32. The highest BCUT2D eigenvalue weighted by Crippen LogP contribution is 2.39. The second-order valence-electron chi connectivity index (χ2n) is 3.69. The lowest BCUT2D eigenvalue weighted by Crippen LogP contribution is -2.35. The van der Waals surface area contributed by atoms with Crippen LogP contribution in [0.1, 0.15) is 31.6 Å². The van der Waals surface area contributed by atoms with Crippen LogP contribution in [0, 0.1) is 5.92 Å². The van der Waals surface area contributed by atoms with Crippen molar-refractivity contribution in [1.29, 1.82) is 0 Å². The van der Waals surface area contributed by atoms with Gasteiger partial charge < -0.3 is 9.67 Å². The Morgan fingerprint density at radius 2 is 2.50 bits per heavy atom. The SMILES string of the molecule is CCc1nccn1C1CCC1C(=O)O. The summed E-state index contributed by atoms with van der Waals surface area (Å²) in [7, 11) is 0. The summed E-state index contributed by atoms with van der Waals surface area (Å²) in [6, 6.07) is 0.130. The molecule has 0 radical (unpaired) electrons. The van der Waals surface area contributed by atoms with Crippen molar-refractivity contribution >= 4 is 5.97 Å². The lowest BCUT2D eigenvalue weighted by molar-refractivity contribution is -0.147. The summed E-state index contributed by atoms with van der Waals surface area (Å²) in [4.78, 5) is 15.1. The Morgan fingerprint density at radius 3 is 3.00 bits per heavy atom. The van der Waals surface area contributed by atoms with Crippen LogP contribution in [0.15, 0.2) is 12.4 Å². The second kappa shape index (κ2) is 3.44. The zero-order chi connectivity index (χ0) is 10.1. The average molecular weight is 194 g/mol. The number of rotatable bonds is 3.